The largest absolute Gasteiger partial charge is 0.494 e. The van der Waals surface area contributed by atoms with Crippen LogP contribution in [0.15, 0.2) is 18.2 Å². The van der Waals surface area contributed by atoms with E-state index in [9.17, 15) is 18.3 Å². The summed E-state index contributed by atoms with van der Waals surface area (Å²) in [5.74, 6) is -0.272. The van der Waals surface area contributed by atoms with Crippen LogP contribution in [0.3, 0.4) is 0 Å². The summed E-state index contributed by atoms with van der Waals surface area (Å²) in [5, 5.41) is 10.5. The molecule has 2 aromatic rings. The van der Waals surface area contributed by atoms with Gasteiger partial charge in [-0.25, -0.2) is 0 Å². The second kappa shape index (κ2) is 3.90. The van der Waals surface area contributed by atoms with Crippen LogP contribution in [-0.4, -0.2) is 28.2 Å². The number of nitrogens with zero attached hydrogens (tertiary/aromatic N) is 2. The summed E-state index contributed by atoms with van der Waals surface area (Å²) in [7, 11) is 1.91. The molecule has 0 fully saturated rings. The predicted molar refractivity (Wildman–Crippen MR) is 64.9 cm³/mol. The molecule has 1 aromatic heterocycles. The molecule has 6 heteroatoms. The maximum atomic E-state index is 13.0. The summed E-state index contributed by atoms with van der Waals surface area (Å²) in [6.07, 6.45) is -4.46. The van der Waals surface area contributed by atoms with Gasteiger partial charge in [0, 0.05) is 30.7 Å². The lowest BCUT2D eigenvalue weighted by Crippen LogP contribution is -2.29. The Balaban J connectivity index is 2.34. The van der Waals surface area contributed by atoms with Crippen molar-refractivity contribution in [3.8, 4) is 5.88 Å². The first-order valence-corrected chi connectivity index (χ1v) is 5.98. The average Bonchev–Trinajstić information content (AvgIpc) is 2.62. The summed E-state index contributed by atoms with van der Waals surface area (Å²) >= 11 is 0. The van der Waals surface area contributed by atoms with Gasteiger partial charge in [0.2, 0.25) is 0 Å². The fraction of sp³-hybridized carbons (Fsp3) is 0.385. The zero-order valence-corrected chi connectivity index (χ0v) is 10.3. The third kappa shape index (κ3) is 1.78. The lowest BCUT2D eigenvalue weighted by molar-refractivity contribution is -0.136. The number of hydrogen-bond donors (Lipinski definition) is 1. The summed E-state index contributed by atoms with van der Waals surface area (Å²) in [4.78, 5) is 2.02. The highest BCUT2D eigenvalue weighted by Crippen LogP contribution is 2.42. The molecule has 3 nitrogen and oxygen atoms in total. The summed E-state index contributed by atoms with van der Waals surface area (Å²) in [6.45, 7) is 1.75. The van der Waals surface area contributed by atoms with E-state index in [1.165, 1.54) is 6.07 Å². The number of fused-ring (bicyclic) bond motifs is 3. The van der Waals surface area contributed by atoms with Gasteiger partial charge in [0.1, 0.15) is 0 Å². The van der Waals surface area contributed by atoms with E-state index in [1.807, 2.05) is 11.9 Å². The van der Waals surface area contributed by atoms with Gasteiger partial charge in [-0.05, 0) is 13.1 Å². The van der Waals surface area contributed by atoms with Crippen LogP contribution < -0.4 is 0 Å². The molecule has 3 rings (SSSR count). The lowest BCUT2D eigenvalue weighted by Gasteiger charge is -2.25. The minimum atomic E-state index is -4.46. The molecule has 102 valence electrons. The van der Waals surface area contributed by atoms with Crippen LogP contribution in [0.5, 0.6) is 5.88 Å². The van der Waals surface area contributed by atoms with Gasteiger partial charge in [0.25, 0.3) is 0 Å². The fourth-order valence-corrected chi connectivity index (χ4v) is 2.69. The first kappa shape index (κ1) is 12.3. The standard InChI is InChI=1S/C13H13F3N2O/c1-17-5-6-18-10(7-17)8-3-2-4-9(13(14,15)16)11(8)12(18)19/h2-4,19H,5-7H2,1H3. The first-order chi connectivity index (χ1) is 8.89. The van der Waals surface area contributed by atoms with Crippen molar-refractivity contribution in [1.82, 2.24) is 9.47 Å². The van der Waals surface area contributed by atoms with Crippen LogP contribution in [-0.2, 0) is 19.3 Å². The van der Waals surface area contributed by atoms with Crippen molar-refractivity contribution in [2.75, 3.05) is 13.6 Å². The molecule has 0 unspecified atom stereocenters. The third-order valence-corrected chi connectivity index (χ3v) is 3.61. The van der Waals surface area contributed by atoms with Crippen LogP contribution in [0.25, 0.3) is 10.8 Å². The number of halogens is 3. The Morgan fingerprint density at radius 2 is 1.95 bits per heavy atom. The van der Waals surface area contributed by atoms with Gasteiger partial charge in [-0.3, -0.25) is 4.90 Å². The fourth-order valence-electron chi connectivity index (χ4n) is 2.69. The first-order valence-electron chi connectivity index (χ1n) is 5.98. The van der Waals surface area contributed by atoms with Crippen LogP contribution >= 0.6 is 0 Å². The van der Waals surface area contributed by atoms with Crippen LogP contribution in [0, 0.1) is 0 Å². The van der Waals surface area contributed by atoms with Gasteiger partial charge < -0.3 is 9.67 Å². The van der Waals surface area contributed by atoms with Crippen molar-refractivity contribution < 1.29 is 18.3 Å². The number of hydrogen-bond acceptors (Lipinski definition) is 2. The normalized spacial score (nSPS) is 16.8. The van der Waals surface area contributed by atoms with E-state index in [0.717, 1.165) is 11.8 Å². The van der Waals surface area contributed by atoms with Crippen molar-refractivity contribution >= 4 is 10.8 Å². The molecule has 0 atom stereocenters. The van der Waals surface area contributed by atoms with Crippen LogP contribution in [0.4, 0.5) is 13.2 Å². The highest BCUT2D eigenvalue weighted by atomic mass is 19.4. The van der Waals surface area contributed by atoms with Gasteiger partial charge in [0.05, 0.1) is 10.9 Å². The Hall–Kier alpha value is -1.69. The van der Waals surface area contributed by atoms with Gasteiger partial charge in [-0.2, -0.15) is 13.2 Å². The average molecular weight is 270 g/mol. The molecule has 1 aromatic carbocycles. The monoisotopic (exact) mass is 270 g/mol. The molecule has 1 aliphatic heterocycles. The lowest BCUT2D eigenvalue weighted by atomic mass is 10.1. The summed E-state index contributed by atoms with van der Waals surface area (Å²) in [5.41, 5.74) is -0.0283. The molecule has 19 heavy (non-hydrogen) atoms. The Bertz CT molecular complexity index is 645. The third-order valence-electron chi connectivity index (χ3n) is 3.61. The number of aromatic hydroxyl groups is 1. The topological polar surface area (TPSA) is 28.4 Å². The van der Waals surface area contributed by atoms with Gasteiger partial charge in [0.15, 0.2) is 5.88 Å². The van der Waals surface area contributed by atoms with E-state index < -0.39 is 11.7 Å². The minimum Gasteiger partial charge on any atom is -0.494 e. The molecule has 2 heterocycles. The highest BCUT2D eigenvalue weighted by molar-refractivity contribution is 5.94. The minimum absolute atomic E-state index is 0.0831. The van der Waals surface area contributed by atoms with Gasteiger partial charge >= 0.3 is 6.18 Å². The molecule has 1 aliphatic rings. The van der Waals surface area contributed by atoms with E-state index in [4.69, 9.17) is 0 Å². The molecule has 0 bridgehead atoms. The predicted octanol–water partition coefficient (Wildman–Crippen LogP) is 2.81. The molecular formula is C13H13F3N2O. The molecule has 0 radical (unpaired) electrons. The Labute approximate surface area is 107 Å². The van der Waals surface area contributed by atoms with Crippen molar-refractivity contribution in [1.29, 1.82) is 0 Å². The zero-order valence-electron chi connectivity index (χ0n) is 10.3. The quantitative estimate of drug-likeness (QED) is 0.797. The van der Waals surface area contributed by atoms with Crippen molar-refractivity contribution in [2.24, 2.45) is 0 Å². The Morgan fingerprint density at radius 1 is 1.21 bits per heavy atom. The molecule has 0 saturated heterocycles. The SMILES string of the molecule is CN1CCn2c(c3cccc(C(F)(F)F)c3c2O)C1. The second-order valence-electron chi connectivity index (χ2n) is 4.89. The molecule has 0 saturated carbocycles. The number of aromatic nitrogens is 1. The zero-order chi connectivity index (χ0) is 13.8. The summed E-state index contributed by atoms with van der Waals surface area (Å²) in [6, 6.07) is 4.03. The number of alkyl halides is 3. The van der Waals surface area contributed by atoms with Gasteiger partial charge in [-0.15, -0.1) is 0 Å². The highest BCUT2D eigenvalue weighted by Gasteiger charge is 2.35. The van der Waals surface area contributed by atoms with Crippen molar-refractivity contribution in [3.05, 3.63) is 29.5 Å². The van der Waals surface area contributed by atoms with Crippen molar-refractivity contribution in [2.45, 2.75) is 19.3 Å². The number of benzene rings is 1. The molecule has 0 spiro atoms. The molecule has 0 amide bonds. The van der Waals surface area contributed by atoms with Crippen molar-refractivity contribution in [3.63, 3.8) is 0 Å². The molecule has 0 aliphatic carbocycles. The van der Waals surface area contributed by atoms with E-state index in [-0.39, 0.29) is 11.3 Å². The van der Waals surface area contributed by atoms with E-state index in [1.54, 1.807) is 10.6 Å². The smallest absolute Gasteiger partial charge is 0.417 e. The number of rotatable bonds is 0. The Morgan fingerprint density at radius 3 is 2.63 bits per heavy atom. The van der Waals surface area contributed by atoms with Crippen LogP contribution in [0.1, 0.15) is 11.3 Å². The van der Waals surface area contributed by atoms with E-state index in [2.05, 4.69) is 0 Å². The second-order valence-corrected chi connectivity index (χ2v) is 4.89. The van der Waals surface area contributed by atoms with E-state index >= 15 is 0 Å². The number of likely N-dealkylation sites (N-methyl/N-ethyl adjacent to an activating group) is 1. The van der Waals surface area contributed by atoms with E-state index in [0.29, 0.717) is 25.0 Å². The van der Waals surface area contributed by atoms with Crippen LogP contribution in [0.2, 0.25) is 0 Å². The summed E-state index contributed by atoms with van der Waals surface area (Å²) < 4.78 is 40.6. The maximum absolute atomic E-state index is 13.0. The Kier molecular flexibility index (Phi) is 2.53. The van der Waals surface area contributed by atoms with Gasteiger partial charge in [-0.1, -0.05) is 12.1 Å². The maximum Gasteiger partial charge on any atom is 0.417 e. The molecule has 1 N–H and O–H groups in total. The molecular weight excluding hydrogens is 257 g/mol.